The molecule has 0 aromatic carbocycles. The van der Waals surface area contributed by atoms with Crippen LogP contribution < -0.4 is 10.6 Å². The van der Waals surface area contributed by atoms with E-state index in [9.17, 15) is 36.2 Å². The predicted octanol–water partition coefficient (Wildman–Crippen LogP) is 3.71. The zero-order valence-corrected chi connectivity index (χ0v) is 20.3. The normalized spacial score (nSPS) is 24.5. The van der Waals surface area contributed by atoms with Crippen LogP contribution in [0.25, 0.3) is 11.6 Å². The quantitative estimate of drug-likeness (QED) is 0.487. The van der Waals surface area contributed by atoms with Crippen molar-refractivity contribution in [1.82, 2.24) is 25.4 Å². The zero-order valence-electron chi connectivity index (χ0n) is 20.3. The summed E-state index contributed by atoms with van der Waals surface area (Å²) in [6.07, 6.45) is -9.37. The number of halogens is 6. The topological polar surface area (TPSA) is 116 Å². The van der Waals surface area contributed by atoms with E-state index < -0.39 is 59.0 Å². The number of carbonyl (C=O) groups is 1. The van der Waals surface area contributed by atoms with Crippen molar-refractivity contribution >= 4 is 11.6 Å². The number of amides is 1. The van der Waals surface area contributed by atoms with Gasteiger partial charge in [-0.3, -0.25) is 4.79 Å². The highest BCUT2D eigenvalue weighted by Gasteiger charge is 2.58. The molecule has 0 radical (unpaired) electrons. The van der Waals surface area contributed by atoms with Gasteiger partial charge in [0.2, 0.25) is 5.60 Å². The van der Waals surface area contributed by atoms with Gasteiger partial charge in [-0.2, -0.15) is 26.3 Å². The number of pyridine rings is 1. The first-order valence-corrected chi connectivity index (χ1v) is 12.2. The van der Waals surface area contributed by atoms with Gasteiger partial charge in [0.1, 0.15) is 5.69 Å². The van der Waals surface area contributed by atoms with Crippen molar-refractivity contribution in [1.29, 1.82) is 0 Å². The van der Waals surface area contributed by atoms with Crippen LogP contribution in [-0.4, -0.2) is 70.0 Å². The first-order valence-electron chi connectivity index (χ1n) is 12.2. The summed E-state index contributed by atoms with van der Waals surface area (Å²) in [6.45, 7) is 1.56. The van der Waals surface area contributed by atoms with E-state index in [0.717, 1.165) is 13.1 Å². The number of hydrogen-bond donors (Lipinski definition) is 3. The van der Waals surface area contributed by atoms with E-state index in [1.54, 1.807) is 0 Å². The van der Waals surface area contributed by atoms with Crippen LogP contribution in [0.5, 0.6) is 0 Å². The number of nitrogens with zero attached hydrogens (tertiary/aromatic N) is 4. The van der Waals surface area contributed by atoms with Crippen molar-refractivity contribution in [2.24, 2.45) is 5.41 Å². The van der Waals surface area contributed by atoms with Crippen molar-refractivity contribution in [2.75, 3.05) is 32.0 Å². The number of nitrogens with one attached hydrogen (secondary N) is 2. The third-order valence-electron chi connectivity index (χ3n) is 7.73. The minimum Gasteiger partial charge on any atom is -0.416 e. The Bertz CT molecular complexity index is 1220. The predicted molar refractivity (Wildman–Crippen MR) is 120 cm³/mol. The number of aliphatic hydroxyl groups is 1. The Hall–Kier alpha value is -2.94. The fourth-order valence-electron chi connectivity index (χ4n) is 5.46. The summed E-state index contributed by atoms with van der Waals surface area (Å²) in [5.41, 5.74) is -6.36. The minimum atomic E-state index is -5.16. The van der Waals surface area contributed by atoms with Gasteiger partial charge in [0.15, 0.2) is 5.69 Å². The Morgan fingerprint density at radius 2 is 1.82 bits per heavy atom. The lowest BCUT2D eigenvalue weighted by molar-refractivity contribution is -0.277. The minimum absolute atomic E-state index is 0.00875. The van der Waals surface area contributed by atoms with E-state index in [1.807, 2.05) is 0 Å². The van der Waals surface area contributed by atoms with Gasteiger partial charge in [-0.05, 0) is 43.6 Å². The molecule has 3 aliphatic rings. The summed E-state index contributed by atoms with van der Waals surface area (Å²) in [7, 11) is 1.27. The van der Waals surface area contributed by atoms with E-state index in [2.05, 4.69) is 25.8 Å². The Balaban J connectivity index is 1.63. The maximum atomic E-state index is 14.1. The number of anilines is 1. The molecule has 4 heterocycles. The molecule has 2 fully saturated rings. The van der Waals surface area contributed by atoms with Crippen LogP contribution >= 0.6 is 0 Å². The molecule has 1 aliphatic carbocycles. The first kappa shape index (κ1) is 26.7. The molecule has 2 aromatic heterocycles. The molecule has 5 rings (SSSR count). The molecule has 1 saturated carbocycles. The van der Waals surface area contributed by atoms with Crippen LogP contribution in [-0.2, 0) is 11.8 Å². The Morgan fingerprint density at radius 1 is 1.11 bits per heavy atom. The molecule has 1 saturated heterocycles. The molecule has 4 bridgehead atoms. The fourth-order valence-corrected chi connectivity index (χ4v) is 5.46. The fraction of sp³-hybridized carbons (Fsp3) is 0.652. The van der Waals surface area contributed by atoms with E-state index >= 15 is 0 Å². The van der Waals surface area contributed by atoms with Crippen LogP contribution in [0.3, 0.4) is 0 Å². The lowest BCUT2D eigenvalue weighted by Gasteiger charge is -2.57. The SMILES string of the molecule is CNc1cc(C(F)(F)F)c2nc1-c1nnc(o1)C(O)(C(F)(F)F)CCCCCN(C1CC3(CNC3)C1)C2=O. The maximum absolute atomic E-state index is 14.1. The van der Waals surface area contributed by atoms with Gasteiger partial charge in [-0.25, -0.2) is 4.98 Å². The van der Waals surface area contributed by atoms with Crippen molar-refractivity contribution in [3.05, 3.63) is 23.2 Å². The molecular weight excluding hydrogens is 522 g/mol. The Labute approximate surface area is 213 Å². The molecular formula is C23H26F6N6O3. The second-order valence-corrected chi connectivity index (χ2v) is 10.3. The molecule has 1 atom stereocenters. The van der Waals surface area contributed by atoms with Crippen LogP contribution in [0, 0.1) is 5.41 Å². The number of alkyl halides is 6. The third-order valence-corrected chi connectivity index (χ3v) is 7.73. The molecule has 3 N–H and O–H groups in total. The lowest BCUT2D eigenvalue weighted by Crippen LogP contribution is -2.65. The van der Waals surface area contributed by atoms with Crippen LogP contribution in [0.2, 0.25) is 0 Å². The highest BCUT2D eigenvalue weighted by molar-refractivity contribution is 5.96. The highest BCUT2D eigenvalue weighted by Crippen LogP contribution is 2.48. The molecule has 15 heteroatoms. The van der Waals surface area contributed by atoms with Gasteiger partial charge in [0.05, 0.1) is 11.3 Å². The molecule has 208 valence electrons. The molecule has 2 aliphatic heterocycles. The van der Waals surface area contributed by atoms with E-state index in [1.165, 1.54) is 11.9 Å². The Kier molecular flexibility index (Phi) is 6.36. The van der Waals surface area contributed by atoms with Crippen molar-refractivity contribution < 1.29 is 40.7 Å². The van der Waals surface area contributed by atoms with Gasteiger partial charge >= 0.3 is 12.4 Å². The second-order valence-electron chi connectivity index (χ2n) is 10.3. The average Bonchev–Trinajstić information content (AvgIpc) is 3.28. The number of aromatic nitrogens is 3. The lowest BCUT2D eigenvalue weighted by atomic mass is 9.61. The summed E-state index contributed by atoms with van der Waals surface area (Å²) < 4.78 is 89.2. The van der Waals surface area contributed by atoms with Gasteiger partial charge in [-0.1, -0.05) is 6.42 Å². The smallest absolute Gasteiger partial charge is 0.416 e. The number of hydrogen-bond acceptors (Lipinski definition) is 8. The van der Waals surface area contributed by atoms with Crippen molar-refractivity contribution in [3.63, 3.8) is 0 Å². The monoisotopic (exact) mass is 548 g/mol. The third kappa shape index (κ3) is 4.38. The van der Waals surface area contributed by atoms with Gasteiger partial charge in [0, 0.05) is 32.7 Å². The summed E-state index contributed by atoms with van der Waals surface area (Å²) in [6, 6.07) is 0.326. The molecule has 9 nitrogen and oxygen atoms in total. The Morgan fingerprint density at radius 3 is 2.39 bits per heavy atom. The van der Waals surface area contributed by atoms with Crippen molar-refractivity contribution in [3.8, 4) is 11.6 Å². The summed E-state index contributed by atoms with van der Waals surface area (Å²) >= 11 is 0. The number of carbonyl (C=O) groups excluding carboxylic acids is 1. The maximum Gasteiger partial charge on any atom is 0.426 e. The summed E-state index contributed by atoms with van der Waals surface area (Å²) in [5.74, 6) is -2.73. The molecule has 1 amide bonds. The van der Waals surface area contributed by atoms with Crippen LogP contribution in [0.4, 0.5) is 32.0 Å². The van der Waals surface area contributed by atoms with Gasteiger partial charge in [0.25, 0.3) is 17.7 Å². The van der Waals surface area contributed by atoms with E-state index in [4.69, 9.17) is 4.42 Å². The van der Waals surface area contributed by atoms with E-state index in [-0.39, 0.29) is 43.0 Å². The van der Waals surface area contributed by atoms with Gasteiger partial charge in [-0.15, -0.1) is 10.2 Å². The zero-order chi connectivity index (χ0) is 27.5. The van der Waals surface area contributed by atoms with E-state index in [0.29, 0.717) is 18.9 Å². The first-order chi connectivity index (χ1) is 17.8. The summed E-state index contributed by atoms with van der Waals surface area (Å²) in [4.78, 5) is 19.0. The largest absolute Gasteiger partial charge is 0.426 e. The van der Waals surface area contributed by atoms with Crippen LogP contribution in [0.1, 0.15) is 60.5 Å². The van der Waals surface area contributed by atoms with Crippen molar-refractivity contribution in [2.45, 2.75) is 62.5 Å². The second kappa shape index (κ2) is 9.07. The average molecular weight is 548 g/mol. The standard InChI is InChI=1S/C23H26F6N6O3/c1-30-14-7-13(22(24,25)26)15-18(36)35(12-8-20(9-12)10-31-11-20)6-4-2-3-5-21(37,23(27,28)29)19-34-33-17(38-19)16(14)32-15/h7,12,30-31,37H,2-6,8-11H2,1H3. The summed E-state index contributed by atoms with van der Waals surface area (Å²) in [5, 5.41) is 23.1. The molecule has 1 unspecified atom stereocenters. The van der Waals surface area contributed by atoms with Gasteiger partial charge < -0.3 is 25.1 Å². The molecule has 2 aromatic rings. The highest BCUT2D eigenvalue weighted by atomic mass is 19.4. The molecule has 38 heavy (non-hydrogen) atoms. The molecule has 1 spiro atoms. The number of fused-ring (bicyclic) bond motifs is 5. The van der Waals surface area contributed by atoms with Crippen LogP contribution in [0.15, 0.2) is 10.5 Å². The number of rotatable bonds is 2.